The predicted molar refractivity (Wildman–Crippen MR) is 63.8 cm³/mol. The van der Waals surface area contributed by atoms with E-state index in [9.17, 15) is 9.18 Å². The number of halogens is 2. The molecule has 4 heteroatoms. The van der Waals surface area contributed by atoms with E-state index in [2.05, 4.69) is 4.98 Å². The molecule has 0 unspecified atom stereocenters. The third kappa shape index (κ3) is 2.50. The maximum atomic E-state index is 13.2. The van der Waals surface area contributed by atoms with Crippen LogP contribution in [0, 0.1) is 12.7 Å². The van der Waals surface area contributed by atoms with Crippen LogP contribution in [0.4, 0.5) is 4.39 Å². The highest BCUT2D eigenvalue weighted by molar-refractivity contribution is 6.30. The van der Waals surface area contributed by atoms with Crippen LogP contribution in [0.15, 0.2) is 36.7 Å². The average Bonchev–Trinajstić information content (AvgIpc) is 2.32. The molecule has 1 heterocycles. The monoisotopic (exact) mass is 249 g/mol. The highest BCUT2D eigenvalue weighted by Crippen LogP contribution is 2.18. The summed E-state index contributed by atoms with van der Waals surface area (Å²) in [5, 5.41) is 0.00363. The number of hydrogen-bond acceptors (Lipinski definition) is 2. The molecule has 0 fully saturated rings. The van der Waals surface area contributed by atoms with Gasteiger partial charge in [-0.3, -0.25) is 9.78 Å². The molecular formula is C13H9ClFNO. The van der Waals surface area contributed by atoms with Crippen molar-refractivity contribution in [1.82, 2.24) is 4.98 Å². The summed E-state index contributed by atoms with van der Waals surface area (Å²) in [7, 11) is 0. The van der Waals surface area contributed by atoms with Gasteiger partial charge in [-0.2, -0.15) is 0 Å². The number of carbonyl (C=O) groups is 1. The van der Waals surface area contributed by atoms with Gasteiger partial charge < -0.3 is 0 Å². The molecular weight excluding hydrogens is 241 g/mol. The van der Waals surface area contributed by atoms with E-state index in [1.807, 2.05) is 6.92 Å². The summed E-state index contributed by atoms with van der Waals surface area (Å²) in [5.41, 5.74) is 1.58. The first-order valence-corrected chi connectivity index (χ1v) is 5.37. The summed E-state index contributed by atoms with van der Waals surface area (Å²) in [6, 6.07) is 5.71. The Balaban J connectivity index is 2.40. The van der Waals surface area contributed by atoms with E-state index in [1.165, 1.54) is 18.3 Å². The summed E-state index contributed by atoms with van der Waals surface area (Å²) in [6.07, 6.45) is 3.11. The fourth-order valence-electron chi connectivity index (χ4n) is 1.48. The van der Waals surface area contributed by atoms with Crippen molar-refractivity contribution in [2.24, 2.45) is 0 Å². The Hall–Kier alpha value is -1.74. The second kappa shape index (κ2) is 4.63. The van der Waals surface area contributed by atoms with E-state index in [1.54, 1.807) is 12.3 Å². The number of aryl methyl sites for hydroxylation is 1. The van der Waals surface area contributed by atoms with Crippen LogP contribution in [0.3, 0.4) is 0 Å². The quantitative estimate of drug-likeness (QED) is 0.764. The molecule has 0 radical (unpaired) electrons. The molecule has 2 rings (SSSR count). The molecule has 1 aromatic carbocycles. The van der Waals surface area contributed by atoms with Crippen LogP contribution in [0.1, 0.15) is 21.5 Å². The molecule has 2 nitrogen and oxygen atoms in total. The van der Waals surface area contributed by atoms with Gasteiger partial charge in [0.05, 0.1) is 5.02 Å². The molecule has 0 saturated heterocycles. The van der Waals surface area contributed by atoms with Crippen molar-refractivity contribution in [1.29, 1.82) is 0 Å². The number of ketones is 1. The Morgan fingerprint density at radius 2 is 2.00 bits per heavy atom. The smallest absolute Gasteiger partial charge is 0.194 e. The molecule has 0 amide bonds. The third-order valence-corrected chi connectivity index (χ3v) is 2.63. The van der Waals surface area contributed by atoms with Gasteiger partial charge in [-0.1, -0.05) is 11.6 Å². The predicted octanol–water partition coefficient (Wildman–Crippen LogP) is 3.41. The molecule has 0 bridgehead atoms. The van der Waals surface area contributed by atoms with E-state index in [4.69, 9.17) is 11.6 Å². The summed E-state index contributed by atoms with van der Waals surface area (Å²) < 4.78 is 13.2. The highest BCUT2D eigenvalue weighted by atomic mass is 35.5. The lowest BCUT2D eigenvalue weighted by Crippen LogP contribution is -2.02. The van der Waals surface area contributed by atoms with Crippen molar-refractivity contribution in [3.05, 3.63) is 64.2 Å². The van der Waals surface area contributed by atoms with Crippen LogP contribution in [0.25, 0.3) is 0 Å². The molecule has 0 spiro atoms. The molecule has 17 heavy (non-hydrogen) atoms. The normalized spacial score (nSPS) is 10.3. The maximum Gasteiger partial charge on any atom is 0.194 e. The topological polar surface area (TPSA) is 30.0 Å². The minimum Gasteiger partial charge on any atom is -0.289 e. The Morgan fingerprint density at radius 1 is 1.24 bits per heavy atom. The van der Waals surface area contributed by atoms with Crippen molar-refractivity contribution < 1.29 is 9.18 Å². The molecule has 0 N–H and O–H groups in total. The Kier molecular flexibility index (Phi) is 3.20. The number of benzene rings is 1. The van der Waals surface area contributed by atoms with Gasteiger partial charge in [0.15, 0.2) is 5.78 Å². The molecule has 86 valence electrons. The van der Waals surface area contributed by atoms with Crippen LogP contribution >= 0.6 is 11.6 Å². The second-order valence-corrected chi connectivity index (χ2v) is 4.12. The Morgan fingerprint density at radius 3 is 2.65 bits per heavy atom. The van der Waals surface area contributed by atoms with E-state index in [-0.39, 0.29) is 16.4 Å². The highest BCUT2D eigenvalue weighted by Gasteiger charge is 2.11. The van der Waals surface area contributed by atoms with Crippen LogP contribution in [-0.2, 0) is 0 Å². The van der Waals surface area contributed by atoms with Gasteiger partial charge in [0, 0.05) is 23.5 Å². The van der Waals surface area contributed by atoms with Gasteiger partial charge in [-0.25, -0.2) is 4.39 Å². The molecule has 0 saturated carbocycles. The lowest BCUT2D eigenvalue weighted by atomic mass is 10.0. The van der Waals surface area contributed by atoms with E-state index in [0.29, 0.717) is 5.56 Å². The van der Waals surface area contributed by atoms with Crippen molar-refractivity contribution >= 4 is 17.4 Å². The SMILES string of the molecule is Cc1cncc(C(=O)c2ccc(Cl)c(F)c2)c1. The first-order chi connectivity index (χ1) is 8.08. The summed E-state index contributed by atoms with van der Waals surface area (Å²) in [6.45, 7) is 1.84. The second-order valence-electron chi connectivity index (χ2n) is 3.71. The van der Waals surface area contributed by atoms with Crippen molar-refractivity contribution in [2.75, 3.05) is 0 Å². The Labute approximate surface area is 103 Å². The minimum absolute atomic E-state index is 0.00363. The maximum absolute atomic E-state index is 13.2. The largest absolute Gasteiger partial charge is 0.289 e. The lowest BCUT2D eigenvalue weighted by Gasteiger charge is -2.02. The number of nitrogens with zero attached hydrogens (tertiary/aromatic N) is 1. The number of carbonyl (C=O) groups excluding carboxylic acids is 1. The third-order valence-electron chi connectivity index (χ3n) is 2.32. The molecule has 0 aliphatic heterocycles. The first kappa shape index (κ1) is 11.7. The van der Waals surface area contributed by atoms with Gasteiger partial charge in [-0.05, 0) is 36.8 Å². The average molecular weight is 250 g/mol. The van der Waals surface area contributed by atoms with Gasteiger partial charge in [0.1, 0.15) is 5.82 Å². The zero-order valence-electron chi connectivity index (χ0n) is 9.08. The fourth-order valence-corrected chi connectivity index (χ4v) is 1.60. The number of rotatable bonds is 2. The van der Waals surface area contributed by atoms with E-state index >= 15 is 0 Å². The zero-order chi connectivity index (χ0) is 12.4. The lowest BCUT2D eigenvalue weighted by molar-refractivity contribution is 0.103. The van der Waals surface area contributed by atoms with Crippen molar-refractivity contribution in [3.8, 4) is 0 Å². The zero-order valence-corrected chi connectivity index (χ0v) is 9.83. The number of aromatic nitrogens is 1. The molecule has 1 aromatic heterocycles. The molecule has 0 atom stereocenters. The molecule has 2 aromatic rings. The van der Waals surface area contributed by atoms with E-state index < -0.39 is 5.82 Å². The summed E-state index contributed by atoms with van der Waals surface area (Å²) in [5.74, 6) is -0.866. The van der Waals surface area contributed by atoms with Crippen LogP contribution in [-0.4, -0.2) is 10.8 Å². The van der Waals surface area contributed by atoms with Gasteiger partial charge >= 0.3 is 0 Å². The van der Waals surface area contributed by atoms with Crippen molar-refractivity contribution in [3.63, 3.8) is 0 Å². The van der Waals surface area contributed by atoms with Crippen LogP contribution in [0.5, 0.6) is 0 Å². The summed E-state index contributed by atoms with van der Waals surface area (Å²) >= 11 is 5.56. The Bertz CT molecular complexity index is 583. The summed E-state index contributed by atoms with van der Waals surface area (Å²) in [4.78, 5) is 15.9. The van der Waals surface area contributed by atoms with E-state index in [0.717, 1.165) is 11.6 Å². The van der Waals surface area contributed by atoms with Gasteiger partial charge in [0.25, 0.3) is 0 Å². The van der Waals surface area contributed by atoms with Gasteiger partial charge in [-0.15, -0.1) is 0 Å². The number of pyridine rings is 1. The van der Waals surface area contributed by atoms with Crippen LogP contribution in [0.2, 0.25) is 5.02 Å². The standard InChI is InChI=1S/C13H9ClFNO/c1-8-4-10(7-16-6-8)13(17)9-2-3-11(14)12(15)5-9/h2-7H,1H3. The van der Waals surface area contributed by atoms with Gasteiger partial charge in [0.2, 0.25) is 0 Å². The molecule has 0 aliphatic rings. The number of hydrogen-bond donors (Lipinski definition) is 0. The molecule has 0 aliphatic carbocycles. The minimum atomic E-state index is -0.599. The fraction of sp³-hybridized carbons (Fsp3) is 0.0769. The first-order valence-electron chi connectivity index (χ1n) is 4.99. The van der Waals surface area contributed by atoms with Crippen LogP contribution < -0.4 is 0 Å². The van der Waals surface area contributed by atoms with Crippen molar-refractivity contribution in [2.45, 2.75) is 6.92 Å².